The van der Waals surface area contributed by atoms with Gasteiger partial charge in [0.15, 0.2) is 11.4 Å². The molecular formula is C21H24N8OS. The average Bonchev–Trinajstić information content (AvgIpc) is 3.57. The van der Waals surface area contributed by atoms with Crippen molar-refractivity contribution in [2.45, 2.75) is 38.3 Å². The van der Waals surface area contributed by atoms with Crippen molar-refractivity contribution >= 4 is 22.0 Å². The zero-order chi connectivity index (χ0) is 21.1. The average molecular weight is 437 g/mol. The fraction of sp³-hybridized carbons (Fsp3) is 0.429. The van der Waals surface area contributed by atoms with Crippen LogP contribution in [0, 0.1) is 0 Å². The molecule has 0 aromatic carbocycles. The van der Waals surface area contributed by atoms with E-state index in [-0.39, 0.29) is 5.92 Å². The van der Waals surface area contributed by atoms with E-state index in [2.05, 4.69) is 39.2 Å². The fourth-order valence-corrected chi connectivity index (χ4v) is 5.82. The molecular weight excluding hydrogens is 412 g/mol. The third-order valence-corrected chi connectivity index (χ3v) is 7.32. The standard InChI is InChI=1S/C21H24N8OS/c1-11(2)17-18(12-4-15(30-3)20-24-10-25-29(20)8-12)26-27-19(17)21-23-7-16(31-21)28-9-13-5-14(28)6-22-13/h4,7-8,10-11,13-14,22H,5-6,9H2,1-3H3,(H,26,27)/t13-,14-/m0/s1. The molecule has 6 heterocycles. The summed E-state index contributed by atoms with van der Waals surface area (Å²) in [6, 6.07) is 3.17. The number of aromatic amines is 1. The van der Waals surface area contributed by atoms with Crippen molar-refractivity contribution in [2.24, 2.45) is 0 Å². The molecule has 160 valence electrons. The number of nitrogens with one attached hydrogen (secondary N) is 2. The van der Waals surface area contributed by atoms with Gasteiger partial charge in [0.2, 0.25) is 0 Å². The van der Waals surface area contributed by atoms with E-state index >= 15 is 0 Å². The van der Waals surface area contributed by atoms with Crippen LogP contribution in [0.15, 0.2) is 24.8 Å². The van der Waals surface area contributed by atoms with Crippen molar-refractivity contribution in [3.8, 4) is 27.7 Å². The first kappa shape index (κ1) is 18.8. The zero-order valence-corrected chi connectivity index (χ0v) is 18.5. The number of thiazole rings is 1. The maximum Gasteiger partial charge on any atom is 0.197 e. The number of anilines is 1. The van der Waals surface area contributed by atoms with Crippen LogP contribution in [0.5, 0.6) is 5.75 Å². The molecule has 0 unspecified atom stereocenters. The molecule has 2 bridgehead atoms. The van der Waals surface area contributed by atoms with Gasteiger partial charge in [-0.3, -0.25) is 5.10 Å². The minimum absolute atomic E-state index is 0.264. The summed E-state index contributed by atoms with van der Waals surface area (Å²) in [6.07, 6.45) is 6.71. The number of fused-ring (bicyclic) bond motifs is 3. The fourth-order valence-electron chi connectivity index (χ4n) is 4.82. The maximum absolute atomic E-state index is 5.54. The second-order valence-electron chi connectivity index (χ2n) is 8.49. The quantitative estimate of drug-likeness (QED) is 0.497. The number of piperazine rings is 1. The Hall–Kier alpha value is -2.98. The lowest BCUT2D eigenvalue weighted by atomic mass is 9.97. The summed E-state index contributed by atoms with van der Waals surface area (Å²) in [5.41, 5.74) is 4.64. The lowest BCUT2D eigenvalue weighted by Gasteiger charge is -2.27. The highest BCUT2D eigenvalue weighted by atomic mass is 32.1. The highest BCUT2D eigenvalue weighted by molar-refractivity contribution is 7.18. The highest BCUT2D eigenvalue weighted by Gasteiger charge is 2.38. The third kappa shape index (κ3) is 2.93. The molecule has 4 aromatic heterocycles. The summed E-state index contributed by atoms with van der Waals surface area (Å²) < 4.78 is 7.27. The molecule has 2 atom stereocenters. The number of H-pyrrole nitrogens is 1. The smallest absolute Gasteiger partial charge is 0.197 e. The number of pyridine rings is 1. The van der Waals surface area contributed by atoms with Crippen LogP contribution >= 0.6 is 11.3 Å². The van der Waals surface area contributed by atoms with E-state index in [1.165, 1.54) is 17.7 Å². The first-order valence-corrected chi connectivity index (χ1v) is 11.4. The second-order valence-corrected chi connectivity index (χ2v) is 9.50. The summed E-state index contributed by atoms with van der Waals surface area (Å²) in [7, 11) is 1.64. The predicted octanol–water partition coefficient (Wildman–Crippen LogP) is 2.93. The molecule has 2 N–H and O–H groups in total. The molecule has 2 aliphatic heterocycles. The van der Waals surface area contributed by atoms with Crippen molar-refractivity contribution in [3.63, 3.8) is 0 Å². The lowest BCUT2D eigenvalue weighted by molar-refractivity contribution is 0.416. The topological polar surface area (TPSA) is 96.3 Å². The first-order chi connectivity index (χ1) is 15.1. The Morgan fingerprint density at radius 1 is 1.29 bits per heavy atom. The molecule has 0 aliphatic carbocycles. The van der Waals surface area contributed by atoms with Gasteiger partial charge < -0.3 is 15.0 Å². The van der Waals surface area contributed by atoms with E-state index < -0.39 is 0 Å². The van der Waals surface area contributed by atoms with Gasteiger partial charge in [0, 0.05) is 42.5 Å². The largest absolute Gasteiger partial charge is 0.493 e. The molecule has 10 heteroatoms. The number of ether oxygens (including phenoxy) is 1. The van der Waals surface area contributed by atoms with E-state index in [4.69, 9.17) is 14.8 Å². The van der Waals surface area contributed by atoms with Crippen LogP contribution < -0.4 is 15.0 Å². The van der Waals surface area contributed by atoms with Crippen LogP contribution in [-0.2, 0) is 0 Å². The van der Waals surface area contributed by atoms with Crippen LogP contribution in [0.2, 0.25) is 0 Å². The first-order valence-electron chi connectivity index (χ1n) is 10.5. The Labute approximate surface area is 183 Å². The van der Waals surface area contributed by atoms with Crippen LogP contribution in [0.4, 0.5) is 5.00 Å². The Bertz CT molecular complexity index is 1260. The van der Waals surface area contributed by atoms with Crippen molar-refractivity contribution in [2.75, 3.05) is 25.1 Å². The number of aromatic nitrogens is 6. The highest BCUT2D eigenvalue weighted by Crippen LogP contribution is 2.41. The number of hydrogen-bond acceptors (Lipinski definition) is 8. The summed E-state index contributed by atoms with van der Waals surface area (Å²) in [5, 5.41) is 18.0. The monoisotopic (exact) mass is 436 g/mol. The van der Waals surface area contributed by atoms with Crippen LogP contribution in [0.1, 0.15) is 31.7 Å². The minimum atomic E-state index is 0.264. The molecule has 0 saturated carbocycles. The summed E-state index contributed by atoms with van der Waals surface area (Å²) in [5.74, 6) is 0.934. The third-order valence-electron chi connectivity index (χ3n) is 6.26. The van der Waals surface area contributed by atoms with E-state index in [0.29, 0.717) is 23.5 Å². The van der Waals surface area contributed by atoms with Crippen LogP contribution in [0.25, 0.3) is 27.6 Å². The molecule has 0 spiro atoms. The van der Waals surface area contributed by atoms with Crippen LogP contribution in [0.3, 0.4) is 0 Å². The van der Waals surface area contributed by atoms with Gasteiger partial charge in [0.05, 0.1) is 24.7 Å². The molecule has 0 radical (unpaired) electrons. The second kappa shape index (κ2) is 7.03. The maximum atomic E-state index is 5.54. The van der Waals surface area contributed by atoms with E-state index in [9.17, 15) is 0 Å². The molecule has 2 aliphatic rings. The van der Waals surface area contributed by atoms with E-state index in [1.54, 1.807) is 23.0 Å². The summed E-state index contributed by atoms with van der Waals surface area (Å²) in [4.78, 5) is 11.5. The van der Waals surface area contributed by atoms with Gasteiger partial charge in [-0.25, -0.2) is 14.5 Å². The van der Waals surface area contributed by atoms with Gasteiger partial charge in [0.25, 0.3) is 0 Å². The number of rotatable bonds is 5. The molecule has 4 aromatic rings. The zero-order valence-electron chi connectivity index (χ0n) is 17.7. The number of methoxy groups -OCH3 is 1. The van der Waals surface area contributed by atoms with Crippen molar-refractivity contribution in [1.82, 2.24) is 35.1 Å². The Morgan fingerprint density at radius 3 is 2.94 bits per heavy atom. The van der Waals surface area contributed by atoms with Crippen molar-refractivity contribution in [3.05, 3.63) is 30.4 Å². The minimum Gasteiger partial charge on any atom is -0.493 e. The van der Waals surface area contributed by atoms with Crippen LogP contribution in [-0.4, -0.2) is 62.1 Å². The van der Waals surface area contributed by atoms with Crippen molar-refractivity contribution < 1.29 is 4.74 Å². The van der Waals surface area contributed by atoms with Gasteiger partial charge in [-0.1, -0.05) is 25.2 Å². The molecule has 6 rings (SSSR count). The molecule has 9 nitrogen and oxygen atoms in total. The van der Waals surface area contributed by atoms with Gasteiger partial charge in [-0.05, 0) is 18.4 Å². The SMILES string of the molecule is COc1cc(-c2n[nH]c(-c3ncc(N4C[C@@H]5C[C@H]4CN5)s3)c2C(C)C)cn2ncnc12. The van der Waals surface area contributed by atoms with Gasteiger partial charge >= 0.3 is 0 Å². The van der Waals surface area contributed by atoms with E-state index in [1.807, 2.05) is 18.5 Å². The van der Waals surface area contributed by atoms with Crippen molar-refractivity contribution in [1.29, 1.82) is 0 Å². The lowest BCUT2D eigenvalue weighted by Crippen LogP contribution is -2.43. The molecule has 2 saturated heterocycles. The van der Waals surface area contributed by atoms with Gasteiger partial charge in [0.1, 0.15) is 16.3 Å². The Kier molecular flexibility index (Phi) is 4.25. The normalized spacial score (nSPS) is 20.5. The predicted molar refractivity (Wildman–Crippen MR) is 120 cm³/mol. The number of nitrogens with zero attached hydrogens (tertiary/aromatic N) is 6. The Morgan fingerprint density at radius 2 is 2.19 bits per heavy atom. The van der Waals surface area contributed by atoms with E-state index in [0.717, 1.165) is 40.6 Å². The number of hydrogen-bond donors (Lipinski definition) is 2. The molecule has 31 heavy (non-hydrogen) atoms. The molecule has 2 fully saturated rings. The summed E-state index contributed by atoms with van der Waals surface area (Å²) >= 11 is 1.74. The summed E-state index contributed by atoms with van der Waals surface area (Å²) in [6.45, 7) is 6.50. The Balaban J connectivity index is 1.41. The van der Waals surface area contributed by atoms with Gasteiger partial charge in [-0.15, -0.1) is 0 Å². The van der Waals surface area contributed by atoms with Gasteiger partial charge in [-0.2, -0.15) is 10.2 Å². The molecule has 0 amide bonds.